The van der Waals surface area contributed by atoms with Gasteiger partial charge < -0.3 is 11.1 Å². The van der Waals surface area contributed by atoms with Crippen molar-refractivity contribution in [3.05, 3.63) is 30.1 Å². The Morgan fingerprint density at radius 3 is 2.93 bits per heavy atom. The molecule has 0 fully saturated rings. The van der Waals surface area contributed by atoms with Crippen LogP contribution in [0.2, 0.25) is 0 Å². The number of nitrogens with one attached hydrogen (secondary N) is 1. The lowest BCUT2D eigenvalue weighted by Gasteiger charge is -2.14. The summed E-state index contributed by atoms with van der Waals surface area (Å²) >= 11 is 0. The van der Waals surface area contributed by atoms with Gasteiger partial charge in [0, 0.05) is 24.5 Å². The Kier molecular flexibility index (Phi) is 4.77. The Hall–Kier alpha value is -1.42. The van der Waals surface area contributed by atoms with E-state index in [-0.39, 0.29) is 11.9 Å². The smallest absolute Gasteiger partial charge is 0.226 e. The van der Waals surface area contributed by atoms with Crippen molar-refractivity contribution in [1.29, 1.82) is 0 Å². The van der Waals surface area contributed by atoms with Gasteiger partial charge in [-0.15, -0.1) is 0 Å². The molecule has 0 aliphatic rings. The van der Waals surface area contributed by atoms with Gasteiger partial charge in [0.25, 0.3) is 0 Å². The van der Waals surface area contributed by atoms with E-state index in [1.54, 1.807) is 6.20 Å². The molecular weight excluding hydrogens is 190 g/mol. The molecule has 1 atom stereocenters. The molecule has 0 radical (unpaired) electrons. The second kappa shape index (κ2) is 6.14. The van der Waals surface area contributed by atoms with E-state index in [1.807, 2.05) is 25.1 Å². The van der Waals surface area contributed by atoms with Gasteiger partial charge in [-0.25, -0.2) is 0 Å². The zero-order chi connectivity index (χ0) is 11.1. The molecule has 0 spiro atoms. The van der Waals surface area contributed by atoms with E-state index in [1.165, 1.54) is 0 Å². The van der Waals surface area contributed by atoms with Gasteiger partial charge in [-0.3, -0.25) is 9.78 Å². The average Bonchev–Trinajstić information content (AvgIpc) is 2.27. The van der Waals surface area contributed by atoms with Gasteiger partial charge in [0.05, 0.1) is 6.42 Å². The summed E-state index contributed by atoms with van der Waals surface area (Å²) in [5.41, 5.74) is 6.27. The highest BCUT2D eigenvalue weighted by atomic mass is 16.1. The van der Waals surface area contributed by atoms with Crippen LogP contribution < -0.4 is 11.1 Å². The number of carbonyl (C=O) groups is 1. The number of aromatic nitrogens is 1. The van der Waals surface area contributed by atoms with E-state index in [0.29, 0.717) is 13.0 Å². The molecule has 4 heteroatoms. The van der Waals surface area contributed by atoms with Crippen LogP contribution in [-0.2, 0) is 11.2 Å². The Bertz CT molecular complexity index is 296. The van der Waals surface area contributed by atoms with Crippen LogP contribution in [0, 0.1) is 0 Å². The number of nitrogens with zero attached hydrogens (tertiary/aromatic N) is 1. The van der Waals surface area contributed by atoms with Crippen LogP contribution in [0.5, 0.6) is 0 Å². The number of amides is 1. The quantitative estimate of drug-likeness (QED) is 0.737. The van der Waals surface area contributed by atoms with Crippen molar-refractivity contribution in [2.45, 2.75) is 25.8 Å². The summed E-state index contributed by atoms with van der Waals surface area (Å²) in [6.07, 6.45) is 2.85. The maximum Gasteiger partial charge on any atom is 0.226 e. The van der Waals surface area contributed by atoms with E-state index in [2.05, 4.69) is 10.3 Å². The summed E-state index contributed by atoms with van der Waals surface area (Å²) in [5, 5.41) is 2.86. The van der Waals surface area contributed by atoms with Crippen molar-refractivity contribution < 1.29 is 4.79 Å². The fourth-order valence-corrected chi connectivity index (χ4v) is 1.27. The molecule has 3 N–H and O–H groups in total. The number of carbonyl (C=O) groups excluding carboxylic acids is 1. The number of nitrogens with two attached hydrogens (primary N) is 1. The average molecular weight is 207 g/mol. The number of rotatable bonds is 5. The van der Waals surface area contributed by atoms with Crippen molar-refractivity contribution in [3.8, 4) is 0 Å². The van der Waals surface area contributed by atoms with Crippen LogP contribution in [-0.4, -0.2) is 23.5 Å². The Morgan fingerprint density at radius 1 is 1.60 bits per heavy atom. The van der Waals surface area contributed by atoms with Crippen molar-refractivity contribution >= 4 is 5.91 Å². The zero-order valence-electron chi connectivity index (χ0n) is 8.94. The molecule has 1 aromatic heterocycles. The molecular formula is C11H17N3O. The first-order chi connectivity index (χ1) is 7.26. The van der Waals surface area contributed by atoms with E-state index in [4.69, 9.17) is 5.73 Å². The lowest BCUT2D eigenvalue weighted by Crippen LogP contribution is -2.40. The van der Waals surface area contributed by atoms with E-state index in [0.717, 1.165) is 12.1 Å². The summed E-state index contributed by atoms with van der Waals surface area (Å²) in [5.74, 6) is -0.0222. The number of hydrogen-bond donors (Lipinski definition) is 2. The van der Waals surface area contributed by atoms with E-state index < -0.39 is 0 Å². The lowest BCUT2D eigenvalue weighted by atomic mass is 10.2. The minimum atomic E-state index is -0.0222. The first-order valence-corrected chi connectivity index (χ1v) is 5.15. The highest BCUT2D eigenvalue weighted by Gasteiger charge is 2.09. The summed E-state index contributed by atoms with van der Waals surface area (Å²) in [6.45, 7) is 2.48. The third-order valence-electron chi connectivity index (χ3n) is 2.21. The first-order valence-electron chi connectivity index (χ1n) is 5.15. The summed E-state index contributed by atoms with van der Waals surface area (Å²) in [4.78, 5) is 15.6. The Labute approximate surface area is 89.9 Å². The van der Waals surface area contributed by atoms with Crippen LogP contribution in [0.4, 0.5) is 0 Å². The molecule has 4 nitrogen and oxygen atoms in total. The van der Waals surface area contributed by atoms with Gasteiger partial charge in [-0.05, 0) is 18.6 Å². The molecule has 1 rings (SSSR count). The summed E-state index contributed by atoms with van der Waals surface area (Å²) in [6, 6.07) is 5.61. The van der Waals surface area contributed by atoms with Crippen molar-refractivity contribution in [2.24, 2.45) is 5.73 Å². The summed E-state index contributed by atoms with van der Waals surface area (Å²) < 4.78 is 0. The highest BCUT2D eigenvalue weighted by Crippen LogP contribution is 1.96. The Morgan fingerprint density at radius 2 is 2.40 bits per heavy atom. The first kappa shape index (κ1) is 11.7. The molecule has 0 saturated heterocycles. The molecule has 0 saturated carbocycles. The fourth-order valence-electron chi connectivity index (χ4n) is 1.27. The normalized spacial score (nSPS) is 12.1. The van der Waals surface area contributed by atoms with E-state index >= 15 is 0 Å². The van der Waals surface area contributed by atoms with Gasteiger partial charge in [0.1, 0.15) is 0 Å². The summed E-state index contributed by atoms with van der Waals surface area (Å²) in [7, 11) is 0. The topological polar surface area (TPSA) is 68.0 Å². The SMILES string of the molecule is CCC(CN)NC(=O)Cc1ccccn1. The fraction of sp³-hybridized carbons (Fsp3) is 0.455. The molecule has 1 aromatic rings. The van der Waals surface area contributed by atoms with Crippen LogP contribution >= 0.6 is 0 Å². The van der Waals surface area contributed by atoms with Crippen molar-refractivity contribution in [2.75, 3.05) is 6.54 Å². The molecule has 0 bridgehead atoms. The van der Waals surface area contributed by atoms with Gasteiger partial charge in [0.2, 0.25) is 5.91 Å². The predicted molar refractivity (Wildman–Crippen MR) is 59.2 cm³/mol. The maximum atomic E-state index is 11.5. The van der Waals surface area contributed by atoms with Gasteiger partial charge >= 0.3 is 0 Å². The third kappa shape index (κ3) is 4.08. The van der Waals surface area contributed by atoms with Gasteiger partial charge in [0.15, 0.2) is 0 Å². The third-order valence-corrected chi connectivity index (χ3v) is 2.21. The van der Waals surface area contributed by atoms with Gasteiger partial charge in [-0.1, -0.05) is 13.0 Å². The monoisotopic (exact) mass is 207 g/mol. The molecule has 1 amide bonds. The Balaban J connectivity index is 2.43. The number of pyridine rings is 1. The van der Waals surface area contributed by atoms with Gasteiger partial charge in [-0.2, -0.15) is 0 Å². The molecule has 1 unspecified atom stereocenters. The molecule has 1 heterocycles. The predicted octanol–water partition coefficient (Wildman–Crippen LogP) is 0.478. The molecule has 0 aliphatic heterocycles. The van der Waals surface area contributed by atoms with Crippen LogP contribution in [0.15, 0.2) is 24.4 Å². The maximum absolute atomic E-state index is 11.5. The minimum absolute atomic E-state index is 0.0222. The molecule has 0 aromatic carbocycles. The molecule has 0 aliphatic carbocycles. The van der Waals surface area contributed by atoms with Crippen LogP contribution in [0.3, 0.4) is 0 Å². The van der Waals surface area contributed by atoms with Crippen molar-refractivity contribution in [1.82, 2.24) is 10.3 Å². The highest BCUT2D eigenvalue weighted by molar-refractivity contribution is 5.78. The minimum Gasteiger partial charge on any atom is -0.352 e. The largest absolute Gasteiger partial charge is 0.352 e. The second-order valence-electron chi connectivity index (χ2n) is 3.41. The molecule has 82 valence electrons. The van der Waals surface area contributed by atoms with Crippen LogP contribution in [0.1, 0.15) is 19.0 Å². The number of hydrogen-bond acceptors (Lipinski definition) is 3. The van der Waals surface area contributed by atoms with E-state index in [9.17, 15) is 4.79 Å². The van der Waals surface area contributed by atoms with Crippen LogP contribution in [0.25, 0.3) is 0 Å². The van der Waals surface area contributed by atoms with Crippen molar-refractivity contribution in [3.63, 3.8) is 0 Å². The standard InChI is InChI=1S/C11H17N3O/c1-2-9(8-12)14-11(15)7-10-5-3-4-6-13-10/h3-6,9H,2,7-8,12H2,1H3,(H,14,15). The zero-order valence-corrected chi connectivity index (χ0v) is 8.94. The lowest BCUT2D eigenvalue weighted by molar-refractivity contribution is -0.121. The molecule has 15 heavy (non-hydrogen) atoms. The second-order valence-corrected chi connectivity index (χ2v) is 3.41.